The maximum atomic E-state index is 13.5. The Kier molecular flexibility index (Phi) is 5.82. The molecule has 0 fully saturated rings. The van der Waals surface area contributed by atoms with Gasteiger partial charge in [-0.05, 0) is 11.6 Å². The second-order valence-corrected chi connectivity index (χ2v) is 7.96. The monoisotopic (exact) mass is 472 g/mol. The summed E-state index contributed by atoms with van der Waals surface area (Å²) in [6.07, 6.45) is 1.31. The van der Waals surface area contributed by atoms with E-state index in [4.69, 9.17) is 35.5 Å². The van der Waals surface area contributed by atoms with Crippen molar-refractivity contribution in [1.29, 1.82) is 0 Å². The van der Waals surface area contributed by atoms with Crippen LogP contribution in [0.5, 0.6) is 0 Å². The highest BCUT2D eigenvalue weighted by Crippen LogP contribution is 2.30. The van der Waals surface area contributed by atoms with Crippen molar-refractivity contribution in [3.63, 3.8) is 0 Å². The number of carbonyl (C=O) groups excluding carboxylic acids is 2. The molecular weight excluding hydrogens is 458 g/mol. The van der Waals surface area contributed by atoms with E-state index in [0.29, 0.717) is 35.6 Å². The molecule has 2 aromatic heterocycles. The molecule has 0 bridgehead atoms. The average Bonchev–Trinajstić information content (AvgIpc) is 3.14. The van der Waals surface area contributed by atoms with Crippen molar-refractivity contribution in [1.82, 2.24) is 19.7 Å². The van der Waals surface area contributed by atoms with Crippen LogP contribution < -0.4 is 5.73 Å². The molecule has 0 radical (unpaired) electrons. The van der Waals surface area contributed by atoms with Gasteiger partial charge < -0.3 is 10.6 Å². The van der Waals surface area contributed by atoms with Crippen molar-refractivity contribution in [2.24, 2.45) is 5.73 Å². The molecule has 1 aliphatic heterocycles. The van der Waals surface area contributed by atoms with E-state index in [-0.39, 0.29) is 40.2 Å². The van der Waals surface area contributed by atoms with Crippen molar-refractivity contribution in [2.45, 2.75) is 19.5 Å². The summed E-state index contributed by atoms with van der Waals surface area (Å²) in [5, 5.41) is 4.51. The highest BCUT2D eigenvalue weighted by atomic mass is 35.5. The Hall–Kier alpha value is -3.48. The van der Waals surface area contributed by atoms with Gasteiger partial charge in [0, 0.05) is 23.3 Å². The van der Waals surface area contributed by atoms with Gasteiger partial charge in [0.25, 0.3) is 5.91 Å². The van der Waals surface area contributed by atoms with Crippen molar-refractivity contribution >= 4 is 40.7 Å². The molecule has 0 spiro atoms. The average molecular weight is 473 g/mol. The summed E-state index contributed by atoms with van der Waals surface area (Å²) in [6, 6.07) is 6.18. The van der Waals surface area contributed by atoms with Crippen LogP contribution in [0.4, 0.5) is 10.1 Å². The maximum Gasteiger partial charge on any atom is 0.252 e. The summed E-state index contributed by atoms with van der Waals surface area (Å²) in [4.78, 5) is 33.6. The summed E-state index contributed by atoms with van der Waals surface area (Å²) in [7, 11) is 0. The fourth-order valence-corrected chi connectivity index (χ4v) is 3.99. The van der Waals surface area contributed by atoms with E-state index in [9.17, 15) is 14.0 Å². The molecule has 8 nitrogen and oxygen atoms in total. The van der Waals surface area contributed by atoms with E-state index in [1.54, 1.807) is 27.8 Å². The van der Waals surface area contributed by atoms with Crippen LogP contribution in [-0.4, -0.2) is 38.0 Å². The third-order valence-electron chi connectivity index (χ3n) is 5.14. The quantitative estimate of drug-likeness (QED) is 0.462. The zero-order valence-corrected chi connectivity index (χ0v) is 18.0. The first-order chi connectivity index (χ1) is 15.3. The fourth-order valence-electron chi connectivity index (χ4n) is 3.58. The van der Waals surface area contributed by atoms with Crippen LogP contribution in [-0.2, 0) is 24.3 Å². The van der Waals surface area contributed by atoms with E-state index in [0.717, 1.165) is 0 Å². The molecule has 3 heterocycles. The molecular formula is C21H15Cl2FN6O2. The van der Waals surface area contributed by atoms with Crippen molar-refractivity contribution in [2.75, 3.05) is 6.54 Å². The number of hydrogen-bond donors (Lipinski definition) is 1. The number of nitrogens with zero attached hydrogens (tertiary/aromatic N) is 5. The van der Waals surface area contributed by atoms with Crippen molar-refractivity contribution in [3.8, 4) is 11.3 Å². The normalized spacial score (nSPS) is 12.9. The summed E-state index contributed by atoms with van der Waals surface area (Å²) in [6.45, 7) is 7.91. The number of primary amides is 1. The number of amides is 2. The van der Waals surface area contributed by atoms with Gasteiger partial charge in [0.2, 0.25) is 17.5 Å². The molecule has 32 heavy (non-hydrogen) atoms. The van der Waals surface area contributed by atoms with Crippen LogP contribution in [0.3, 0.4) is 0 Å². The van der Waals surface area contributed by atoms with Crippen LogP contribution in [0.2, 0.25) is 10.0 Å². The van der Waals surface area contributed by atoms with E-state index >= 15 is 0 Å². The van der Waals surface area contributed by atoms with Crippen LogP contribution in [0.25, 0.3) is 16.1 Å². The first-order valence-electron chi connectivity index (χ1n) is 9.43. The summed E-state index contributed by atoms with van der Waals surface area (Å²) in [5.41, 5.74) is 7.81. The van der Waals surface area contributed by atoms with E-state index in [1.807, 2.05) is 0 Å². The van der Waals surface area contributed by atoms with Gasteiger partial charge in [0.1, 0.15) is 5.69 Å². The Balaban J connectivity index is 1.61. The minimum absolute atomic E-state index is 0.0857. The first-order valence-corrected chi connectivity index (χ1v) is 10.2. The third kappa shape index (κ3) is 4.02. The number of fused-ring (bicyclic) bond motifs is 1. The van der Waals surface area contributed by atoms with Gasteiger partial charge in [-0.15, -0.1) is 0 Å². The van der Waals surface area contributed by atoms with Gasteiger partial charge in [-0.3, -0.25) is 14.3 Å². The molecule has 4 rings (SSSR count). The number of aromatic nitrogens is 3. The molecule has 2 amide bonds. The highest BCUT2D eigenvalue weighted by molar-refractivity contribution is 6.33. The Morgan fingerprint density at radius 2 is 2.00 bits per heavy atom. The van der Waals surface area contributed by atoms with Gasteiger partial charge in [-0.25, -0.2) is 9.83 Å². The topological polar surface area (TPSA) is 98.5 Å². The Bertz CT molecular complexity index is 1300. The van der Waals surface area contributed by atoms with E-state index < -0.39 is 11.9 Å². The number of pyridine rings is 1. The zero-order chi connectivity index (χ0) is 23.0. The molecule has 1 aromatic carbocycles. The largest absolute Gasteiger partial charge is 0.365 e. The number of hydrogen-bond acceptors (Lipinski definition) is 4. The number of benzene rings is 1. The lowest BCUT2D eigenvalue weighted by atomic mass is 10.1. The molecule has 11 heteroatoms. The molecule has 1 aliphatic rings. The lowest BCUT2D eigenvalue weighted by molar-refractivity contribution is -0.132. The molecule has 2 N–H and O–H groups in total. The van der Waals surface area contributed by atoms with E-state index in [2.05, 4.69) is 14.9 Å². The maximum absolute atomic E-state index is 13.5. The number of carbonyl (C=O) groups is 2. The second kappa shape index (κ2) is 8.57. The number of rotatable bonds is 4. The Labute approximate surface area is 192 Å². The minimum Gasteiger partial charge on any atom is -0.365 e. The Morgan fingerprint density at radius 1 is 1.22 bits per heavy atom. The third-order valence-corrected chi connectivity index (χ3v) is 5.70. The van der Waals surface area contributed by atoms with Crippen LogP contribution in [0.15, 0.2) is 30.5 Å². The molecule has 0 unspecified atom stereocenters. The van der Waals surface area contributed by atoms with Gasteiger partial charge in [0.15, 0.2) is 0 Å². The zero-order valence-electron chi connectivity index (χ0n) is 16.5. The minimum atomic E-state index is -0.832. The van der Waals surface area contributed by atoms with Crippen LogP contribution in [0, 0.1) is 12.5 Å². The van der Waals surface area contributed by atoms with Crippen LogP contribution >= 0.6 is 23.2 Å². The van der Waals surface area contributed by atoms with Gasteiger partial charge in [0.05, 0.1) is 42.4 Å². The summed E-state index contributed by atoms with van der Waals surface area (Å²) < 4.78 is 15.1. The molecule has 0 aliphatic carbocycles. The predicted octanol–water partition coefficient (Wildman–Crippen LogP) is 3.63. The number of halogens is 3. The highest BCUT2D eigenvalue weighted by Gasteiger charge is 2.30. The summed E-state index contributed by atoms with van der Waals surface area (Å²) in [5.74, 6) is -1.73. The molecule has 162 valence electrons. The molecule has 3 aromatic rings. The molecule has 0 saturated carbocycles. The Morgan fingerprint density at radius 3 is 2.66 bits per heavy atom. The smallest absolute Gasteiger partial charge is 0.252 e. The lowest BCUT2D eigenvalue weighted by Gasteiger charge is -2.28. The van der Waals surface area contributed by atoms with Gasteiger partial charge in [-0.2, -0.15) is 9.49 Å². The number of nitrogens with two attached hydrogens (primary N) is 1. The molecule has 0 atom stereocenters. The van der Waals surface area contributed by atoms with Gasteiger partial charge in [-0.1, -0.05) is 41.4 Å². The SMILES string of the molecule is [C-]#[N+]c1ccc(CC(=O)N2CCn3nc(-c4cnc(F)c(Cl)c4)c(C(N)=O)c3C2)cc1Cl. The fraction of sp³-hybridized carbons (Fsp3) is 0.190. The lowest BCUT2D eigenvalue weighted by Crippen LogP contribution is -2.40. The van der Waals surface area contributed by atoms with E-state index in [1.165, 1.54) is 12.3 Å². The second-order valence-electron chi connectivity index (χ2n) is 7.14. The molecule has 0 saturated heterocycles. The standard InChI is InChI=1S/C21H15Cl2FN6O2/c1-26-15-3-2-11(6-13(15)22)7-17(31)29-4-5-30-16(10-29)18(21(25)32)19(28-30)12-8-14(23)20(24)27-9-12/h2-3,6,8-9H,4-5,7,10H2,(H2,25,32). The van der Waals surface area contributed by atoms with Gasteiger partial charge >= 0.3 is 0 Å². The van der Waals surface area contributed by atoms with Crippen molar-refractivity contribution < 1.29 is 14.0 Å². The van der Waals surface area contributed by atoms with Crippen molar-refractivity contribution in [3.05, 3.63) is 74.7 Å². The van der Waals surface area contributed by atoms with Crippen LogP contribution in [0.1, 0.15) is 21.6 Å². The first kappa shape index (κ1) is 21.7. The predicted molar refractivity (Wildman–Crippen MR) is 116 cm³/mol. The summed E-state index contributed by atoms with van der Waals surface area (Å²) >= 11 is 11.9.